The number of thiophene rings is 1. The number of benzene rings is 1. The normalized spacial score (nSPS) is 11.0. The van der Waals surface area contributed by atoms with E-state index in [0.717, 1.165) is 10.4 Å². The smallest absolute Gasteiger partial charge is 0.257 e. The highest BCUT2D eigenvalue weighted by Crippen LogP contribution is 2.27. The van der Waals surface area contributed by atoms with Crippen molar-refractivity contribution in [3.05, 3.63) is 52.9 Å². The Labute approximate surface area is 139 Å². The highest BCUT2D eigenvalue weighted by atomic mass is 32.1. The molecule has 114 valence electrons. The van der Waals surface area contributed by atoms with Crippen molar-refractivity contribution in [2.24, 2.45) is 0 Å². The molecule has 6 nitrogen and oxygen atoms in total. The van der Waals surface area contributed by atoms with Crippen molar-refractivity contribution in [1.29, 1.82) is 0 Å². The number of nitrogens with zero attached hydrogens (tertiary/aromatic N) is 4. The summed E-state index contributed by atoms with van der Waals surface area (Å²) in [5, 5.41) is 18.0. The summed E-state index contributed by atoms with van der Waals surface area (Å²) in [6, 6.07) is 11.3. The Kier molecular flexibility index (Phi) is 3.40. The molecule has 4 aromatic rings. The summed E-state index contributed by atoms with van der Waals surface area (Å²) in [7, 11) is 0. The lowest BCUT2D eigenvalue weighted by Gasteiger charge is -2.01. The summed E-state index contributed by atoms with van der Waals surface area (Å²) < 4.78 is 1.66. The van der Waals surface area contributed by atoms with Crippen molar-refractivity contribution in [2.45, 2.75) is 6.92 Å². The number of rotatable bonds is 3. The van der Waals surface area contributed by atoms with Gasteiger partial charge in [-0.05, 0) is 30.5 Å². The van der Waals surface area contributed by atoms with Gasteiger partial charge in [-0.25, -0.2) is 0 Å². The molecule has 1 N–H and O–H groups in total. The van der Waals surface area contributed by atoms with Crippen LogP contribution in [0.1, 0.15) is 15.9 Å². The first-order chi connectivity index (χ1) is 11.2. The Balaban J connectivity index is 1.64. The standard InChI is InChI=1S/C15H11N5OS2/c1-9-4-2-5-10(8-9)13(21)16-14-19-20-12(11-6-3-7-22-11)17-18-15(20)23-14/h2-8H,1H3,(H,16,19,21). The first kappa shape index (κ1) is 14.0. The summed E-state index contributed by atoms with van der Waals surface area (Å²) in [4.78, 5) is 13.9. The van der Waals surface area contributed by atoms with Crippen LogP contribution in [0.2, 0.25) is 0 Å². The van der Waals surface area contributed by atoms with E-state index in [1.54, 1.807) is 21.9 Å². The number of hydrogen-bond acceptors (Lipinski definition) is 6. The number of carbonyl (C=O) groups is 1. The van der Waals surface area contributed by atoms with E-state index in [1.165, 1.54) is 11.3 Å². The average Bonchev–Trinajstić information content (AvgIpc) is 3.23. The number of carbonyl (C=O) groups excluding carboxylic acids is 1. The fraction of sp³-hybridized carbons (Fsp3) is 0.0667. The fourth-order valence-corrected chi connectivity index (χ4v) is 3.61. The lowest BCUT2D eigenvalue weighted by Crippen LogP contribution is -2.12. The zero-order valence-electron chi connectivity index (χ0n) is 12.1. The maximum atomic E-state index is 12.3. The average molecular weight is 341 g/mol. The van der Waals surface area contributed by atoms with Crippen LogP contribution in [0.15, 0.2) is 41.8 Å². The van der Waals surface area contributed by atoms with Crippen LogP contribution in [-0.4, -0.2) is 25.7 Å². The molecule has 3 aromatic heterocycles. The third-order valence-corrected chi connectivity index (χ3v) is 4.91. The van der Waals surface area contributed by atoms with Gasteiger partial charge in [0.2, 0.25) is 10.1 Å². The molecule has 3 heterocycles. The first-order valence-corrected chi connectivity index (χ1v) is 8.54. The van der Waals surface area contributed by atoms with Gasteiger partial charge in [0, 0.05) is 5.56 Å². The van der Waals surface area contributed by atoms with Crippen molar-refractivity contribution in [3.8, 4) is 10.7 Å². The van der Waals surface area contributed by atoms with E-state index in [-0.39, 0.29) is 5.91 Å². The lowest BCUT2D eigenvalue weighted by atomic mass is 10.1. The number of aryl methyl sites for hydroxylation is 1. The molecular weight excluding hydrogens is 330 g/mol. The summed E-state index contributed by atoms with van der Waals surface area (Å²) in [6.45, 7) is 1.95. The minimum absolute atomic E-state index is 0.184. The van der Waals surface area contributed by atoms with Gasteiger partial charge in [-0.2, -0.15) is 4.52 Å². The minimum Gasteiger partial charge on any atom is -0.296 e. The molecule has 0 aliphatic heterocycles. The zero-order valence-corrected chi connectivity index (χ0v) is 13.7. The highest BCUT2D eigenvalue weighted by Gasteiger charge is 2.16. The molecule has 23 heavy (non-hydrogen) atoms. The Morgan fingerprint density at radius 3 is 2.91 bits per heavy atom. The van der Waals surface area contributed by atoms with Crippen molar-refractivity contribution < 1.29 is 4.79 Å². The van der Waals surface area contributed by atoms with E-state index < -0.39 is 0 Å². The van der Waals surface area contributed by atoms with Gasteiger partial charge in [-0.3, -0.25) is 10.1 Å². The van der Waals surface area contributed by atoms with E-state index >= 15 is 0 Å². The monoisotopic (exact) mass is 341 g/mol. The largest absolute Gasteiger partial charge is 0.296 e. The number of anilines is 1. The molecule has 0 aliphatic rings. The number of hydrogen-bond donors (Lipinski definition) is 1. The molecule has 0 saturated heterocycles. The number of fused-ring (bicyclic) bond motifs is 1. The molecule has 0 fully saturated rings. The third-order valence-electron chi connectivity index (χ3n) is 3.23. The van der Waals surface area contributed by atoms with Crippen LogP contribution in [0.3, 0.4) is 0 Å². The quantitative estimate of drug-likeness (QED) is 0.619. The second-order valence-electron chi connectivity index (χ2n) is 4.93. The molecule has 8 heteroatoms. The minimum atomic E-state index is -0.184. The van der Waals surface area contributed by atoms with E-state index in [1.807, 2.05) is 42.6 Å². The van der Waals surface area contributed by atoms with Crippen molar-refractivity contribution >= 4 is 38.7 Å². The number of aromatic nitrogens is 4. The van der Waals surface area contributed by atoms with E-state index in [4.69, 9.17) is 0 Å². The van der Waals surface area contributed by atoms with Gasteiger partial charge in [0.25, 0.3) is 5.91 Å². The van der Waals surface area contributed by atoms with Gasteiger partial charge in [-0.15, -0.1) is 26.6 Å². The van der Waals surface area contributed by atoms with Crippen molar-refractivity contribution in [2.75, 3.05) is 5.32 Å². The third kappa shape index (κ3) is 2.62. The summed E-state index contributed by atoms with van der Waals surface area (Å²) in [5.74, 6) is 0.499. The molecule has 1 amide bonds. The van der Waals surface area contributed by atoms with Gasteiger partial charge in [0.15, 0.2) is 5.82 Å². The predicted molar refractivity (Wildman–Crippen MR) is 91.1 cm³/mol. The summed E-state index contributed by atoms with van der Waals surface area (Å²) >= 11 is 2.86. The molecule has 0 unspecified atom stereocenters. The van der Waals surface area contributed by atoms with E-state index in [2.05, 4.69) is 20.6 Å². The Morgan fingerprint density at radius 1 is 1.22 bits per heavy atom. The Bertz CT molecular complexity index is 987. The zero-order chi connectivity index (χ0) is 15.8. The Hall–Kier alpha value is -2.58. The maximum Gasteiger partial charge on any atom is 0.257 e. The first-order valence-electron chi connectivity index (χ1n) is 6.85. The molecule has 0 radical (unpaired) electrons. The molecular formula is C15H11N5OS2. The van der Waals surface area contributed by atoms with E-state index in [0.29, 0.717) is 21.5 Å². The Morgan fingerprint density at radius 2 is 2.13 bits per heavy atom. The van der Waals surface area contributed by atoms with Crippen molar-refractivity contribution in [3.63, 3.8) is 0 Å². The molecule has 1 aromatic carbocycles. The number of amides is 1. The second kappa shape index (κ2) is 5.56. The van der Waals surface area contributed by atoms with Gasteiger partial charge in [0.1, 0.15) is 0 Å². The molecule has 0 atom stereocenters. The van der Waals surface area contributed by atoms with E-state index in [9.17, 15) is 4.79 Å². The number of nitrogens with one attached hydrogen (secondary N) is 1. The summed E-state index contributed by atoms with van der Waals surface area (Å²) in [5.41, 5.74) is 1.64. The molecule has 0 saturated carbocycles. The van der Waals surface area contributed by atoms with Gasteiger partial charge >= 0.3 is 0 Å². The molecule has 0 aliphatic carbocycles. The second-order valence-corrected chi connectivity index (χ2v) is 6.83. The fourth-order valence-electron chi connectivity index (χ4n) is 2.18. The van der Waals surface area contributed by atoms with Crippen LogP contribution >= 0.6 is 22.7 Å². The van der Waals surface area contributed by atoms with Crippen molar-refractivity contribution in [1.82, 2.24) is 19.8 Å². The van der Waals surface area contributed by atoms with Crippen LogP contribution in [0.4, 0.5) is 5.13 Å². The summed E-state index contributed by atoms with van der Waals surface area (Å²) in [6.07, 6.45) is 0. The van der Waals surface area contributed by atoms with Crippen LogP contribution in [0, 0.1) is 6.92 Å². The predicted octanol–water partition coefficient (Wildman–Crippen LogP) is 3.48. The SMILES string of the molecule is Cc1cccc(C(=O)Nc2nn3c(-c4cccs4)nnc3s2)c1. The highest BCUT2D eigenvalue weighted by molar-refractivity contribution is 7.20. The van der Waals surface area contributed by atoms with Crippen LogP contribution in [0.25, 0.3) is 15.7 Å². The van der Waals surface area contributed by atoms with Crippen LogP contribution < -0.4 is 5.32 Å². The topological polar surface area (TPSA) is 72.2 Å². The van der Waals surface area contributed by atoms with Gasteiger partial charge in [-0.1, -0.05) is 35.1 Å². The van der Waals surface area contributed by atoms with Crippen LogP contribution in [-0.2, 0) is 0 Å². The molecule has 4 rings (SSSR count). The van der Waals surface area contributed by atoms with Gasteiger partial charge < -0.3 is 0 Å². The molecule has 0 spiro atoms. The lowest BCUT2D eigenvalue weighted by molar-refractivity contribution is 0.102. The molecule has 0 bridgehead atoms. The van der Waals surface area contributed by atoms with Gasteiger partial charge in [0.05, 0.1) is 4.88 Å². The maximum absolute atomic E-state index is 12.3. The van der Waals surface area contributed by atoms with Crippen LogP contribution in [0.5, 0.6) is 0 Å².